The highest BCUT2D eigenvalue weighted by Crippen LogP contribution is 2.29. The summed E-state index contributed by atoms with van der Waals surface area (Å²) < 4.78 is 0. The third-order valence-corrected chi connectivity index (χ3v) is 4.53. The van der Waals surface area contributed by atoms with Crippen LogP contribution < -0.4 is 4.90 Å². The summed E-state index contributed by atoms with van der Waals surface area (Å²) in [6.45, 7) is 2.65. The quantitative estimate of drug-likeness (QED) is 0.667. The molecular weight excluding hydrogens is 286 g/mol. The predicted octanol–water partition coefficient (Wildman–Crippen LogP) is 4.24. The summed E-state index contributed by atoms with van der Waals surface area (Å²) >= 11 is 5.79. The summed E-state index contributed by atoms with van der Waals surface area (Å²) in [5, 5.41) is 9.54. The molecule has 1 fully saturated rings. The van der Waals surface area contributed by atoms with Gasteiger partial charge in [-0.15, -0.1) is 11.6 Å². The van der Waals surface area contributed by atoms with E-state index in [1.807, 2.05) is 13.0 Å². The predicted molar refractivity (Wildman–Crippen MR) is 87.1 cm³/mol. The lowest BCUT2D eigenvalue weighted by Crippen LogP contribution is -2.36. The number of carbonyl (C=O) groups excluding carboxylic acids is 1. The van der Waals surface area contributed by atoms with Gasteiger partial charge in [0.05, 0.1) is 0 Å². The number of anilines is 1. The Hall–Kier alpha value is -1.22. The molecule has 1 amide bonds. The number of aryl methyl sites for hydroxylation is 1. The summed E-state index contributed by atoms with van der Waals surface area (Å²) in [6, 6.07) is 5.13. The molecule has 1 aliphatic carbocycles. The Bertz CT molecular complexity index is 482. The molecule has 1 aromatic carbocycles. The maximum absolute atomic E-state index is 12.2. The highest BCUT2D eigenvalue weighted by molar-refractivity contribution is 6.29. The number of hydrogen-bond donors (Lipinski definition) is 1. The second-order valence-electron chi connectivity index (χ2n) is 5.97. The number of amides is 1. The summed E-state index contributed by atoms with van der Waals surface area (Å²) in [4.78, 5) is 14.0. The molecule has 0 aromatic heterocycles. The van der Waals surface area contributed by atoms with Gasteiger partial charge in [0.1, 0.15) is 11.6 Å². The number of halogens is 1. The first-order valence-electron chi connectivity index (χ1n) is 7.77. The number of alkyl halides is 1. The van der Waals surface area contributed by atoms with Gasteiger partial charge < -0.3 is 10.0 Å². The third-order valence-electron chi connectivity index (χ3n) is 4.30. The third kappa shape index (κ3) is 4.37. The normalized spacial score (nSPS) is 16.5. The number of carbonyl (C=O) groups is 1. The van der Waals surface area contributed by atoms with E-state index in [1.165, 1.54) is 38.5 Å². The SMILES string of the molecule is Cc1cc(O)ccc1N(CC1CCCCCC1)C(=O)CCl. The van der Waals surface area contributed by atoms with Crippen molar-refractivity contribution >= 4 is 23.2 Å². The van der Waals surface area contributed by atoms with Crippen LogP contribution in [-0.2, 0) is 4.79 Å². The molecule has 3 nitrogen and oxygen atoms in total. The summed E-state index contributed by atoms with van der Waals surface area (Å²) in [6.07, 6.45) is 7.48. The molecule has 0 unspecified atom stereocenters. The number of aromatic hydroxyl groups is 1. The van der Waals surface area contributed by atoms with Crippen LogP contribution in [0.15, 0.2) is 18.2 Å². The Morgan fingerprint density at radius 2 is 1.95 bits per heavy atom. The van der Waals surface area contributed by atoms with Gasteiger partial charge in [0.15, 0.2) is 0 Å². The zero-order valence-electron chi connectivity index (χ0n) is 12.6. The van der Waals surface area contributed by atoms with Crippen molar-refractivity contribution in [2.24, 2.45) is 5.92 Å². The monoisotopic (exact) mass is 309 g/mol. The van der Waals surface area contributed by atoms with Crippen LogP contribution in [0.1, 0.15) is 44.1 Å². The number of phenols is 1. The molecule has 1 aromatic rings. The molecule has 2 rings (SSSR count). The fourth-order valence-electron chi connectivity index (χ4n) is 3.15. The van der Waals surface area contributed by atoms with E-state index in [9.17, 15) is 9.90 Å². The molecular formula is C17H24ClNO2. The lowest BCUT2D eigenvalue weighted by molar-refractivity contribution is -0.116. The average molecular weight is 310 g/mol. The maximum Gasteiger partial charge on any atom is 0.241 e. The van der Waals surface area contributed by atoms with E-state index in [4.69, 9.17) is 11.6 Å². The van der Waals surface area contributed by atoms with Crippen LogP contribution in [0.3, 0.4) is 0 Å². The van der Waals surface area contributed by atoms with Crippen LogP contribution in [0, 0.1) is 12.8 Å². The molecule has 0 atom stereocenters. The molecule has 4 heteroatoms. The van der Waals surface area contributed by atoms with Crippen LogP contribution in [0.2, 0.25) is 0 Å². The molecule has 1 N–H and O–H groups in total. The molecule has 1 saturated carbocycles. The van der Waals surface area contributed by atoms with Gasteiger partial charge in [-0.2, -0.15) is 0 Å². The van der Waals surface area contributed by atoms with Crippen LogP contribution in [0.5, 0.6) is 5.75 Å². The first-order valence-corrected chi connectivity index (χ1v) is 8.31. The van der Waals surface area contributed by atoms with Gasteiger partial charge >= 0.3 is 0 Å². The minimum atomic E-state index is -0.0605. The number of nitrogens with zero attached hydrogens (tertiary/aromatic N) is 1. The van der Waals surface area contributed by atoms with Crippen LogP contribution >= 0.6 is 11.6 Å². The Balaban J connectivity index is 2.19. The van der Waals surface area contributed by atoms with Crippen LogP contribution in [-0.4, -0.2) is 23.4 Å². The van der Waals surface area contributed by atoms with Crippen molar-refractivity contribution in [3.63, 3.8) is 0 Å². The molecule has 1 aliphatic rings. The van der Waals surface area contributed by atoms with E-state index in [2.05, 4.69) is 0 Å². The van der Waals surface area contributed by atoms with E-state index in [-0.39, 0.29) is 17.5 Å². The fourth-order valence-corrected chi connectivity index (χ4v) is 3.30. The molecule has 0 aliphatic heterocycles. The first kappa shape index (κ1) is 16.2. The average Bonchev–Trinajstić information content (AvgIpc) is 2.73. The van der Waals surface area contributed by atoms with Gasteiger partial charge in [-0.1, -0.05) is 25.7 Å². The fraction of sp³-hybridized carbons (Fsp3) is 0.588. The number of phenolic OH excluding ortho intramolecular Hbond substituents is 1. The molecule has 0 heterocycles. The topological polar surface area (TPSA) is 40.5 Å². The smallest absolute Gasteiger partial charge is 0.241 e. The van der Waals surface area contributed by atoms with Crippen molar-refractivity contribution in [1.82, 2.24) is 0 Å². The zero-order chi connectivity index (χ0) is 15.2. The largest absolute Gasteiger partial charge is 0.508 e. The Labute approximate surface area is 131 Å². The molecule has 0 bridgehead atoms. The molecule has 0 saturated heterocycles. The number of benzene rings is 1. The molecule has 0 radical (unpaired) electrons. The second-order valence-corrected chi connectivity index (χ2v) is 6.23. The van der Waals surface area contributed by atoms with Crippen LogP contribution in [0.4, 0.5) is 5.69 Å². The minimum absolute atomic E-state index is 0.00691. The van der Waals surface area contributed by atoms with E-state index < -0.39 is 0 Å². The van der Waals surface area contributed by atoms with E-state index in [1.54, 1.807) is 17.0 Å². The maximum atomic E-state index is 12.2. The van der Waals surface area contributed by atoms with E-state index >= 15 is 0 Å². The highest BCUT2D eigenvalue weighted by Gasteiger charge is 2.22. The van der Waals surface area contributed by atoms with Crippen molar-refractivity contribution < 1.29 is 9.90 Å². The van der Waals surface area contributed by atoms with Gasteiger partial charge in [0, 0.05) is 12.2 Å². The van der Waals surface area contributed by atoms with Crippen molar-refractivity contribution in [2.45, 2.75) is 45.4 Å². The van der Waals surface area contributed by atoms with Gasteiger partial charge in [0.2, 0.25) is 5.91 Å². The summed E-state index contributed by atoms with van der Waals surface area (Å²) in [5.41, 5.74) is 1.77. The standard InChI is InChI=1S/C17H24ClNO2/c1-13-10-15(20)8-9-16(13)19(17(21)11-18)12-14-6-4-2-3-5-7-14/h8-10,14,20H,2-7,11-12H2,1H3. The van der Waals surface area contributed by atoms with Gasteiger partial charge in [-0.05, 0) is 49.4 Å². The van der Waals surface area contributed by atoms with E-state index in [0.717, 1.165) is 17.8 Å². The lowest BCUT2D eigenvalue weighted by atomic mass is 9.99. The van der Waals surface area contributed by atoms with Crippen molar-refractivity contribution in [2.75, 3.05) is 17.3 Å². The van der Waals surface area contributed by atoms with Crippen molar-refractivity contribution in [3.05, 3.63) is 23.8 Å². The highest BCUT2D eigenvalue weighted by atomic mass is 35.5. The van der Waals surface area contributed by atoms with Gasteiger partial charge in [-0.25, -0.2) is 0 Å². The lowest BCUT2D eigenvalue weighted by Gasteiger charge is -2.28. The minimum Gasteiger partial charge on any atom is -0.508 e. The Morgan fingerprint density at radius 3 is 2.52 bits per heavy atom. The number of hydrogen-bond acceptors (Lipinski definition) is 2. The van der Waals surface area contributed by atoms with E-state index in [0.29, 0.717) is 5.92 Å². The Morgan fingerprint density at radius 1 is 1.29 bits per heavy atom. The van der Waals surface area contributed by atoms with Gasteiger partial charge in [-0.3, -0.25) is 4.79 Å². The molecule has 21 heavy (non-hydrogen) atoms. The Kier molecular flexibility index (Phi) is 5.92. The summed E-state index contributed by atoms with van der Waals surface area (Å²) in [5.74, 6) is 0.708. The number of rotatable bonds is 4. The summed E-state index contributed by atoms with van der Waals surface area (Å²) in [7, 11) is 0. The second kappa shape index (κ2) is 7.69. The zero-order valence-corrected chi connectivity index (χ0v) is 13.4. The molecule has 116 valence electrons. The van der Waals surface area contributed by atoms with Crippen molar-refractivity contribution in [3.8, 4) is 5.75 Å². The van der Waals surface area contributed by atoms with Crippen LogP contribution in [0.25, 0.3) is 0 Å². The van der Waals surface area contributed by atoms with Crippen molar-refractivity contribution in [1.29, 1.82) is 0 Å². The first-order chi connectivity index (χ1) is 10.1. The molecule has 0 spiro atoms. The van der Waals surface area contributed by atoms with Gasteiger partial charge in [0.25, 0.3) is 0 Å².